The van der Waals surface area contributed by atoms with Gasteiger partial charge < -0.3 is 14.9 Å². The summed E-state index contributed by atoms with van der Waals surface area (Å²) in [4.78, 5) is 21.7. The molecule has 0 unspecified atom stereocenters. The van der Waals surface area contributed by atoms with Gasteiger partial charge in [0.1, 0.15) is 6.10 Å². The van der Waals surface area contributed by atoms with Crippen molar-refractivity contribution in [2.75, 3.05) is 6.61 Å². The monoisotopic (exact) mass is 188 g/mol. The Morgan fingerprint density at radius 2 is 2.46 bits per heavy atom. The molecule has 6 nitrogen and oxygen atoms in total. The molecule has 2 atom stereocenters. The summed E-state index contributed by atoms with van der Waals surface area (Å²) in [5, 5.41) is 17.6. The number of aliphatic hydroxyl groups is 2. The quantitative estimate of drug-likeness (QED) is 0.514. The molecular formula is C7H10NO5+. The predicted molar refractivity (Wildman–Crippen MR) is 40.4 cm³/mol. The van der Waals surface area contributed by atoms with E-state index in [2.05, 4.69) is 4.74 Å². The Hall–Kier alpha value is -1.27. The lowest BCUT2D eigenvalue weighted by Gasteiger charge is -2.07. The molecule has 13 heavy (non-hydrogen) atoms. The maximum atomic E-state index is 10.9. The Balaban J connectivity index is 2.77. The van der Waals surface area contributed by atoms with Crippen molar-refractivity contribution in [2.24, 2.45) is 0 Å². The molecule has 0 radical (unpaired) electrons. The predicted octanol–water partition coefficient (Wildman–Crippen LogP) is -1.51. The molecule has 2 N–H and O–H groups in total. The highest BCUT2D eigenvalue weighted by Crippen LogP contribution is 2.06. The first-order valence-electron chi connectivity index (χ1n) is 3.70. The molecule has 0 aromatic carbocycles. The summed E-state index contributed by atoms with van der Waals surface area (Å²) >= 11 is 0. The molecule has 0 saturated carbocycles. The topological polar surface area (TPSA) is 86.8 Å². The molecule has 6 heteroatoms. The Morgan fingerprint density at radius 1 is 1.85 bits per heavy atom. The summed E-state index contributed by atoms with van der Waals surface area (Å²) in [6.45, 7) is 0.672. The minimum Gasteiger partial charge on any atom is -0.395 e. The van der Waals surface area contributed by atoms with E-state index >= 15 is 0 Å². The maximum Gasteiger partial charge on any atom is 0.605 e. The van der Waals surface area contributed by atoms with E-state index in [1.54, 1.807) is 0 Å². The summed E-state index contributed by atoms with van der Waals surface area (Å²) < 4.78 is 5.34. The van der Waals surface area contributed by atoms with Crippen LogP contribution >= 0.6 is 0 Å². The van der Waals surface area contributed by atoms with E-state index in [1.807, 2.05) is 0 Å². The molecule has 0 fully saturated rings. The molecule has 1 heterocycles. The van der Waals surface area contributed by atoms with Crippen molar-refractivity contribution in [3.63, 3.8) is 0 Å². The van der Waals surface area contributed by atoms with Crippen LogP contribution in [0.2, 0.25) is 0 Å². The van der Waals surface area contributed by atoms with Gasteiger partial charge in [0.15, 0.2) is 0 Å². The first-order valence-corrected chi connectivity index (χ1v) is 3.70. The van der Waals surface area contributed by atoms with E-state index in [-0.39, 0.29) is 0 Å². The molecule has 0 aliphatic carbocycles. The third-order valence-electron chi connectivity index (χ3n) is 1.64. The fourth-order valence-corrected chi connectivity index (χ4v) is 0.927. The van der Waals surface area contributed by atoms with Gasteiger partial charge >= 0.3 is 12.0 Å². The molecule has 1 aliphatic rings. The highest BCUT2D eigenvalue weighted by Gasteiger charge is 2.40. The van der Waals surface area contributed by atoms with E-state index in [9.17, 15) is 9.59 Å². The van der Waals surface area contributed by atoms with Crippen LogP contribution in [0.25, 0.3) is 0 Å². The van der Waals surface area contributed by atoms with Crippen molar-refractivity contribution < 1.29 is 29.1 Å². The Bertz CT molecular complexity index is 272. The fourth-order valence-electron chi connectivity index (χ4n) is 0.927. The van der Waals surface area contributed by atoms with Crippen LogP contribution in [0.1, 0.15) is 6.92 Å². The summed E-state index contributed by atoms with van der Waals surface area (Å²) in [7, 11) is 0. The van der Waals surface area contributed by atoms with E-state index < -0.39 is 30.8 Å². The standard InChI is InChI=1S/C7H10NO5/c1-4(10)8-2-6(5(11)3-9)13-7(8)12/h2,5-6,9,11H,3H2,1H3/q+1/t5-,6+/m1/s1. The maximum absolute atomic E-state index is 10.9. The smallest absolute Gasteiger partial charge is 0.395 e. The Kier molecular flexibility index (Phi) is 2.74. The summed E-state index contributed by atoms with van der Waals surface area (Å²) in [5.74, 6) is -0.488. The minimum absolute atomic E-state index is 0.488. The fraction of sp³-hybridized carbons (Fsp3) is 0.571. The largest absolute Gasteiger partial charge is 0.605 e. The molecular weight excluding hydrogens is 178 g/mol. The van der Waals surface area contributed by atoms with Gasteiger partial charge in [0.25, 0.3) is 0 Å². The summed E-state index contributed by atoms with van der Waals surface area (Å²) in [6, 6.07) is 0. The van der Waals surface area contributed by atoms with Crippen LogP contribution in [0, 0.1) is 0 Å². The van der Waals surface area contributed by atoms with E-state index in [4.69, 9.17) is 10.2 Å². The molecule has 0 saturated heterocycles. The second-order valence-corrected chi connectivity index (χ2v) is 2.64. The molecule has 72 valence electrons. The zero-order valence-electron chi connectivity index (χ0n) is 7.01. The van der Waals surface area contributed by atoms with Crippen molar-refractivity contribution >= 4 is 18.2 Å². The number of cyclic esters (lactones) is 1. The van der Waals surface area contributed by atoms with Crippen LogP contribution in [0.4, 0.5) is 4.79 Å². The lowest BCUT2D eigenvalue weighted by molar-refractivity contribution is -0.358. The van der Waals surface area contributed by atoms with Crippen molar-refractivity contribution in [3.05, 3.63) is 0 Å². The van der Waals surface area contributed by atoms with Gasteiger partial charge in [-0.15, -0.1) is 0 Å². The van der Waals surface area contributed by atoms with Gasteiger partial charge in [-0.3, -0.25) is 0 Å². The van der Waals surface area contributed by atoms with Crippen LogP contribution in [-0.2, 0) is 9.53 Å². The van der Waals surface area contributed by atoms with Crippen molar-refractivity contribution in [3.8, 4) is 0 Å². The zero-order valence-corrected chi connectivity index (χ0v) is 7.01. The van der Waals surface area contributed by atoms with Gasteiger partial charge in [-0.2, -0.15) is 4.79 Å². The molecule has 0 aromatic heterocycles. The van der Waals surface area contributed by atoms with Gasteiger partial charge in [0, 0.05) is 0 Å². The number of rotatable bonds is 2. The molecule has 0 bridgehead atoms. The molecule has 0 spiro atoms. The van der Waals surface area contributed by atoms with Crippen molar-refractivity contribution in [1.29, 1.82) is 0 Å². The number of imide groups is 1. The number of hydrogen-bond donors (Lipinski definition) is 2. The lowest BCUT2D eigenvalue weighted by Crippen LogP contribution is -2.31. The highest BCUT2D eigenvalue weighted by molar-refractivity contribution is 5.87. The highest BCUT2D eigenvalue weighted by atomic mass is 16.6. The third-order valence-corrected chi connectivity index (χ3v) is 1.64. The number of carbonyl (C=O) groups is 2. The molecule has 2 amide bonds. The van der Waals surface area contributed by atoms with Gasteiger partial charge in [0.2, 0.25) is 12.3 Å². The van der Waals surface area contributed by atoms with E-state index in [0.717, 1.165) is 10.8 Å². The first-order chi connectivity index (χ1) is 6.06. The summed E-state index contributed by atoms with van der Waals surface area (Å²) in [6.07, 6.45) is -1.81. The van der Waals surface area contributed by atoms with E-state index in [0.29, 0.717) is 0 Å². The van der Waals surface area contributed by atoms with E-state index in [1.165, 1.54) is 6.92 Å². The number of ether oxygens (including phenoxy) is 1. The number of hydrogen-bond acceptors (Lipinski definition) is 5. The van der Waals surface area contributed by atoms with Crippen molar-refractivity contribution in [1.82, 2.24) is 0 Å². The average Bonchev–Trinajstić information content (AvgIpc) is 2.46. The SMILES string of the molecule is CC(=O)[N+]1=C[C@@H]([C@H](O)CO)OC1=O. The van der Waals surface area contributed by atoms with Gasteiger partial charge in [-0.25, -0.2) is 4.79 Å². The molecule has 0 aromatic rings. The Labute approximate surface area is 74.1 Å². The van der Waals surface area contributed by atoms with Crippen LogP contribution in [0.3, 0.4) is 0 Å². The third kappa shape index (κ3) is 1.90. The molecule has 1 rings (SSSR count). The number of nitrogens with zero attached hydrogens (tertiary/aromatic N) is 1. The number of amides is 2. The lowest BCUT2D eigenvalue weighted by atomic mass is 10.2. The van der Waals surface area contributed by atoms with Crippen LogP contribution in [-0.4, -0.2) is 51.8 Å². The average molecular weight is 188 g/mol. The molecule has 1 aliphatic heterocycles. The van der Waals surface area contributed by atoms with Crippen LogP contribution in [0.5, 0.6) is 0 Å². The summed E-state index contributed by atoms with van der Waals surface area (Å²) in [5.41, 5.74) is 0. The van der Waals surface area contributed by atoms with Gasteiger partial charge in [-0.1, -0.05) is 4.58 Å². The van der Waals surface area contributed by atoms with Gasteiger partial charge in [0.05, 0.1) is 13.5 Å². The van der Waals surface area contributed by atoms with Crippen molar-refractivity contribution in [2.45, 2.75) is 19.1 Å². The normalized spacial score (nSPS) is 23.8. The first kappa shape index (κ1) is 9.82. The number of carbonyl (C=O) groups excluding carboxylic acids is 2. The van der Waals surface area contributed by atoms with Crippen LogP contribution in [0.15, 0.2) is 0 Å². The second-order valence-electron chi connectivity index (χ2n) is 2.64. The number of aliphatic hydroxyl groups excluding tert-OH is 2. The second kappa shape index (κ2) is 3.63. The minimum atomic E-state index is -1.19. The van der Waals surface area contributed by atoms with Crippen LogP contribution < -0.4 is 0 Å². The Morgan fingerprint density at radius 3 is 2.85 bits per heavy atom. The van der Waals surface area contributed by atoms with Gasteiger partial charge in [-0.05, 0) is 0 Å². The zero-order chi connectivity index (χ0) is 10.0.